The molecule has 16 heavy (non-hydrogen) atoms. The molecule has 90 valence electrons. The summed E-state index contributed by atoms with van der Waals surface area (Å²) in [5.41, 5.74) is 7.37. The Kier molecular flexibility index (Phi) is 4.00. The molecule has 0 amide bonds. The zero-order chi connectivity index (χ0) is 11.5. The van der Waals surface area contributed by atoms with Crippen molar-refractivity contribution in [2.75, 3.05) is 13.1 Å². The van der Waals surface area contributed by atoms with Crippen molar-refractivity contribution < 1.29 is 0 Å². The van der Waals surface area contributed by atoms with Gasteiger partial charge in [-0.1, -0.05) is 13.8 Å². The van der Waals surface area contributed by atoms with Crippen LogP contribution in [0.1, 0.15) is 38.3 Å². The monoisotopic (exact) mass is 238 g/mol. The van der Waals surface area contributed by atoms with Crippen molar-refractivity contribution in [2.45, 2.75) is 38.8 Å². The van der Waals surface area contributed by atoms with E-state index in [1.807, 2.05) is 0 Å². The van der Waals surface area contributed by atoms with Crippen LogP contribution in [0.15, 0.2) is 16.8 Å². The second-order valence-corrected chi connectivity index (χ2v) is 5.91. The highest BCUT2D eigenvalue weighted by Crippen LogP contribution is 2.35. The maximum Gasteiger partial charge on any atom is 0.0481 e. The Hall–Kier alpha value is -0.380. The van der Waals surface area contributed by atoms with Gasteiger partial charge in [-0.3, -0.25) is 4.90 Å². The minimum Gasteiger partial charge on any atom is -0.329 e. The second kappa shape index (κ2) is 5.30. The van der Waals surface area contributed by atoms with Gasteiger partial charge in [-0.05, 0) is 41.1 Å². The molecular formula is C13H22N2S. The first-order valence-corrected chi connectivity index (χ1v) is 7.14. The van der Waals surface area contributed by atoms with E-state index in [1.54, 1.807) is 11.3 Å². The maximum atomic E-state index is 5.97. The van der Waals surface area contributed by atoms with Crippen molar-refractivity contribution in [3.8, 4) is 0 Å². The van der Waals surface area contributed by atoms with Crippen LogP contribution in [0.2, 0.25) is 0 Å². The van der Waals surface area contributed by atoms with Gasteiger partial charge in [0.15, 0.2) is 0 Å². The first kappa shape index (κ1) is 12.1. The molecule has 1 fully saturated rings. The van der Waals surface area contributed by atoms with Crippen LogP contribution in [0.5, 0.6) is 0 Å². The van der Waals surface area contributed by atoms with Gasteiger partial charge in [0.1, 0.15) is 0 Å². The predicted molar refractivity (Wildman–Crippen MR) is 70.7 cm³/mol. The largest absolute Gasteiger partial charge is 0.329 e. The zero-order valence-corrected chi connectivity index (χ0v) is 11.0. The molecule has 3 heteroatoms. The van der Waals surface area contributed by atoms with E-state index in [0.29, 0.717) is 12.0 Å². The lowest BCUT2D eigenvalue weighted by Crippen LogP contribution is -2.37. The summed E-state index contributed by atoms with van der Waals surface area (Å²) in [5.74, 6) is 0.716. The van der Waals surface area contributed by atoms with Gasteiger partial charge in [-0.25, -0.2) is 0 Å². The van der Waals surface area contributed by atoms with Crippen molar-refractivity contribution in [3.63, 3.8) is 0 Å². The van der Waals surface area contributed by atoms with Gasteiger partial charge in [-0.15, -0.1) is 0 Å². The standard InChI is InChI=1S/C13H22N2S/c1-10(2)8-15(12-3-4-12)13(7-14)11-5-6-16-9-11/h5-6,9-10,12-13H,3-4,7-8,14H2,1-2H3. The highest BCUT2D eigenvalue weighted by molar-refractivity contribution is 7.07. The van der Waals surface area contributed by atoms with Crippen LogP contribution in [-0.4, -0.2) is 24.0 Å². The van der Waals surface area contributed by atoms with Gasteiger partial charge >= 0.3 is 0 Å². The molecule has 1 saturated carbocycles. The number of hydrogen-bond donors (Lipinski definition) is 1. The van der Waals surface area contributed by atoms with Gasteiger partial charge in [-0.2, -0.15) is 11.3 Å². The van der Waals surface area contributed by atoms with Crippen molar-refractivity contribution in [3.05, 3.63) is 22.4 Å². The molecule has 2 nitrogen and oxygen atoms in total. The normalized spacial score (nSPS) is 18.3. The minimum atomic E-state index is 0.432. The quantitative estimate of drug-likeness (QED) is 0.825. The summed E-state index contributed by atoms with van der Waals surface area (Å²) in [7, 11) is 0. The van der Waals surface area contributed by atoms with Crippen molar-refractivity contribution in [1.29, 1.82) is 0 Å². The molecule has 1 heterocycles. The summed E-state index contributed by atoms with van der Waals surface area (Å²) in [5, 5.41) is 4.39. The van der Waals surface area contributed by atoms with E-state index in [9.17, 15) is 0 Å². The molecule has 2 rings (SSSR count). The number of nitrogens with two attached hydrogens (primary N) is 1. The zero-order valence-electron chi connectivity index (χ0n) is 10.2. The minimum absolute atomic E-state index is 0.432. The van der Waals surface area contributed by atoms with E-state index >= 15 is 0 Å². The Morgan fingerprint density at radius 1 is 1.50 bits per heavy atom. The Labute approximate surface area is 102 Å². The molecule has 0 aromatic carbocycles. The first-order valence-electron chi connectivity index (χ1n) is 6.20. The van der Waals surface area contributed by atoms with Crippen LogP contribution in [0, 0.1) is 5.92 Å². The molecule has 1 aliphatic rings. The van der Waals surface area contributed by atoms with E-state index < -0.39 is 0 Å². The predicted octanol–water partition coefficient (Wildman–Crippen LogP) is 2.87. The van der Waals surface area contributed by atoms with E-state index in [0.717, 1.165) is 12.6 Å². The van der Waals surface area contributed by atoms with E-state index in [-0.39, 0.29) is 0 Å². The SMILES string of the molecule is CC(C)CN(C1CC1)C(CN)c1ccsc1. The summed E-state index contributed by atoms with van der Waals surface area (Å²) in [6, 6.07) is 3.44. The van der Waals surface area contributed by atoms with Gasteiger partial charge in [0.25, 0.3) is 0 Å². The Balaban J connectivity index is 2.10. The number of rotatable bonds is 6. The van der Waals surface area contributed by atoms with Crippen LogP contribution < -0.4 is 5.73 Å². The molecule has 0 spiro atoms. The van der Waals surface area contributed by atoms with E-state index in [1.165, 1.54) is 24.9 Å². The first-order chi connectivity index (χ1) is 7.72. The summed E-state index contributed by atoms with van der Waals surface area (Å²) in [6.07, 6.45) is 2.71. The van der Waals surface area contributed by atoms with Crippen molar-refractivity contribution >= 4 is 11.3 Å². The Bertz CT molecular complexity index is 304. The molecule has 1 aromatic heterocycles. The molecule has 2 N–H and O–H groups in total. The average molecular weight is 238 g/mol. The van der Waals surface area contributed by atoms with Gasteiger partial charge in [0, 0.05) is 25.2 Å². The molecule has 0 bridgehead atoms. The lowest BCUT2D eigenvalue weighted by Gasteiger charge is -2.32. The van der Waals surface area contributed by atoms with Crippen LogP contribution in [0.25, 0.3) is 0 Å². The summed E-state index contributed by atoms with van der Waals surface area (Å²) < 4.78 is 0. The van der Waals surface area contributed by atoms with Crippen LogP contribution in [0.3, 0.4) is 0 Å². The molecule has 0 radical (unpaired) electrons. The highest BCUT2D eigenvalue weighted by Gasteiger charge is 2.34. The van der Waals surface area contributed by atoms with E-state index in [2.05, 4.69) is 35.6 Å². The van der Waals surface area contributed by atoms with Crippen molar-refractivity contribution in [2.24, 2.45) is 11.7 Å². The lowest BCUT2D eigenvalue weighted by atomic mass is 10.1. The Morgan fingerprint density at radius 2 is 2.25 bits per heavy atom. The van der Waals surface area contributed by atoms with Gasteiger partial charge in [0.2, 0.25) is 0 Å². The molecular weight excluding hydrogens is 216 g/mol. The third-order valence-electron chi connectivity index (χ3n) is 3.14. The highest BCUT2D eigenvalue weighted by atomic mass is 32.1. The fourth-order valence-electron chi connectivity index (χ4n) is 2.29. The van der Waals surface area contributed by atoms with E-state index in [4.69, 9.17) is 5.73 Å². The topological polar surface area (TPSA) is 29.3 Å². The fraction of sp³-hybridized carbons (Fsp3) is 0.692. The third-order valence-corrected chi connectivity index (χ3v) is 3.84. The number of thiophene rings is 1. The maximum absolute atomic E-state index is 5.97. The lowest BCUT2D eigenvalue weighted by molar-refractivity contribution is 0.170. The molecule has 1 aromatic rings. The number of hydrogen-bond acceptors (Lipinski definition) is 3. The summed E-state index contributed by atoms with van der Waals surface area (Å²) >= 11 is 1.77. The van der Waals surface area contributed by atoms with Crippen LogP contribution >= 0.6 is 11.3 Å². The third kappa shape index (κ3) is 2.84. The molecule has 0 aliphatic heterocycles. The van der Waals surface area contributed by atoms with Gasteiger partial charge < -0.3 is 5.73 Å². The molecule has 0 saturated heterocycles. The summed E-state index contributed by atoms with van der Waals surface area (Å²) in [6.45, 7) is 6.48. The fourth-order valence-corrected chi connectivity index (χ4v) is 2.99. The Morgan fingerprint density at radius 3 is 2.69 bits per heavy atom. The smallest absolute Gasteiger partial charge is 0.0481 e. The van der Waals surface area contributed by atoms with Crippen LogP contribution in [-0.2, 0) is 0 Å². The molecule has 1 aliphatic carbocycles. The molecule has 1 atom stereocenters. The number of nitrogens with zero attached hydrogens (tertiary/aromatic N) is 1. The summed E-state index contributed by atoms with van der Waals surface area (Å²) in [4.78, 5) is 2.62. The second-order valence-electron chi connectivity index (χ2n) is 5.13. The average Bonchev–Trinajstić information content (AvgIpc) is 2.95. The van der Waals surface area contributed by atoms with Crippen molar-refractivity contribution in [1.82, 2.24) is 4.90 Å². The van der Waals surface area contributed by atoms with Crippen LogP contribution in [0.4, 0.5) is 0 Å². The molecule has 1 unspecified atom stereocenters. The van der Waals surface area contributed by atoms with Gasteiger partial charge in [0.05, 0.1) is 0 Å².